The molecule has 7 heteroatoms. The van der Waals surface area contributed by atoms with E-state index in [9.17, 15) is 10.1 Å². The summed E-state index contributed by atoms with van der Waals surface area (Å²) in [6, 6.07) is 4.08. The molecule has 3 rings (SSSR count). The molecule has 0 spiro atoms. The van der Waals surface area contributed by atoms with Crippen molar-refractivity contribution >= 4 is 28.6 Å². The Kier molecular flexibility index (Phi) is 3.64. The highest BCUT2D eigenvalue weighted by molar-refractivity contribution is 7.13. The summed E-state index contributed by atoms with van der Waals surface area (Å²) in [6.07, 6.45) is 0. The lowest BCUT2D eigenvalue weighted by atomic mass is 9.90. The third-order valence-corrected chi connectivity index (χ3v) is 5.33. The first kappa shape index (κ1) is 14.6. The second-order valence-corrected chi connectivity index (χ2v) is 6.74. The average Bonchev–Trinajstić information content (AvgIpc) is 3.12. The number of rotatable bonds is 2. The van der Waals surface area contributed by atoms with E-state index < -0.39 is 5.97 Å². The lowest BCUT2D eigenvalue weighted by Gasteiger charge is -2.23. The van der Waals surface area contributed by atoms with Gasteiger partial charge in [0.1, 0.15) is 17.2 Å². The molecule has 0 fully saturated rings. The first-order valence-corrected chi connectivity index (χ1v) is 8.15. The zero-order valence-corrected chi connectivity index (χ0v) is 13.5. The second-order valence-electron chi connectivity index (χ2n) is 4.70. The van der Waals surface area contributed by atoms with E-state index in [0.29, 0.717) is 16.9 Å². The van der Waals surface area contributed by atoms with E-state index in [1.807, 2.05) is 23.8 Å². The first-order valence-electron chi connectivity index (χ1n) is 6.39. The molecule has 3 heterocycles. The lowest BCUT2D eigenvalue weighted by Crippen LogP contribution is -2.20. The predicted molar refractivity (Wildman–Crippen MR) is 84.0 cm³/mol. The molecular formula is C15H12N2O3S2. The van der Waals surface area contributed by atoms with E-state index in [0.717, 1.165) is 15.3 Å². The van der Waals surface area contributed by atoms with Crippen LogP contribution in [0.5, 0.6) is 5.75 Å². The van der Waals surface area contributed by atoms with E-state index in [4.69, 9.17) is 15.2 Å². The maximum atomic E-state index is 12.0. The number of aryl methyl sites for hydroxylation is 1. The van der Waals surface area contributed by atoms with Crippen LogP contribution in [0.3, 0.4) is 0 Å². The fourth-order valence-electron chi connectivity index (χ4n) is 2.49. The van der Waals surface area contributed by atoms with E-state index >= 15 is 0 Å². The number of nitriles is 1. The number of nitrogens with two attached hydrogens (primary N) is 1. The molecule has 0 aliphatic carbocycles. The lowest BCUT2D eigenvalue weighted by molar-refractivity contribution is 0.0597. The normalized spacial score (nSPS) is 16.7. The molecule has 0 saturated heterocycles. The maximum absolute atomic E-state index is 12.0. The maximum Gasteiger partial charge on any atom is 0.342 e. The van der Waals surface area contributed by atoms with Gasteiger partial charge in [0.25, 0.3) is 0 Å². The van der Waals surface area contributed by atoms with Gasteiger partial charge in [-0.05, 0) is 29.3 Å². The summed E-state index contributed by atoms with van der Waals surface area (Å²) in [7, 11) is 1.32. The van der Waals surface area contributed by atoms with Gasteiger partial charge in [0.05, 0.1) is 17.9 Å². The Labute approximate surface area is 135 Å². The van der Waals surface area contributed by atoms with Crippen molar-refractivity contribution in [3.63, 3.8) is 0 Å². The van der Waals surface area contributed by atoms with E-state index in [1.54, 1.807) is 11.3 Å². The molecule has 5 nitrogen and oxygen atoms in total. The molecule has 112 valence electrons. The zero-order chi connectivity index (χ0) is 15.9. The van der Waals surface area contributed by atoms with Crippen molar-refractivity contribution < 1.29 is 14.3 Å². The molecule has 0 bridgehead atoms. The number of fused-ring (bicyclic) bond motifs is 1. The molecule has 0 aromatic carbocycles. The van der Waals surface area contributed by atoms with Crippen LogP contribution in [0.1, 0.15) is 31.6 Å². The molecule has 0 saturated carbocycles. The van der Waals surface area contributed by atoms with Gasteiger partial charge in [0.2, 0.25) is 5.88 Å². The molecule has 2 N–H and O–H groups in total. The van der Waals surface area contributed by atoms with Crippen molar-refractivity contribution in [1.29, 1.82) is 5.26 Å². The fourth-order valence-corrected chi connectivity index (χ4v) is 4.39. The van der Waals surface area contributed by atoms with Crippen molar-refractivity contribution in [2.75, 3.05) is 7.11 Å². The second kappa shape index (κ2) is 5.48. The third kappa shape index (κ3) is 2.08. The average molecular weight is 332 g/mol. The predicted octanol–water partition coefficient (Wildman–Crippen LogP) is 3.12. The first-order chi connectivity index (χ1) is 10.6. The van der Waals surface area contributed by atoms with Crippen LogP contribution in [0.15, 0.2) is 28.3 Å². The Bertz CT molecular complexity index is 813. The van der Waals surface area contributed by atoms with Gasteiger partial charge in [-0.15, -0.1) is 11.3 Å². The number of methoxy groups -OCH3 is 1. The molecule has 0 unspecified atom stereocenters. The number of allylic oxidation sites excluding steroid dienone is 1. The number of esters is 1. The summed E-state index contributed by atoms with van der Waals surface area (Å²) in [5.74, 6) is -0.328. The van der Waals surface area contributed by atoms with Gasteiger partial charge in [-0.25, -0.2) is 4.79 Å². The number of nitrogens with zero attached hydrogens (tertiary/aromatic N) is 1. The van der Waals surface area contributed by atoms with Gasteiger partial charge in [0, 0.05) is 4.88 Å². The van der Waals surface area contributed by atoms with E-state index in [1.165, 1.54) is 18.4 Å². The molecular weight excluding hydrogens is 320 g/mol. The van der Waals surface area contributed by atoms with Crippen molar-refractivity contribution in [2.45, 2.75) is 12.8 Å². The number of carbonyl (C=O) groups is 1. The highest BCUT2D eigenvalue weighted by Gasteiger charge is 2.37. The summed E-state index contributed by atoms with van der Waals surface area (Å²) in [5, 5.41) is 13.3. The monoisotopic (exact) mass is 332 g/mol. The van der Waals surface area contributed by atoms with Crippen LogP contribution < -0.4 is 10.5 Å². The minimum absolute atomic E-state index is 0.0363. The smallest absolute Gasteiger partial charge is 0.342 e. The van der Waals surface area contributed by atoms with Crippen molar-refractivity contribution in [1.82, 2.24) is 0 Å². The van der Waals surface area contributed by atoms with Crippen LogP contribution in [-0.2, 0) is 4.74 Å². The summed E-state index contributed by atoms with van der Waals surface area (Å²) < 4.78 is 10.4. The third-order valence-electron chi connectivity index (χ3n) is 3.48. The topological polar surface area (TPSA) is 85.3 Å². The van der Waals surface area contributed by atoms with Crippen LogP contribution in [0.4, 0.5) is 0 Å². The molecule has 1 aliphatic heterocycles. The SMILES string of the molecule is COC(=O)c1c(C)sc2c1OC(N)=C(C#N)[C@H]2c1ccsc1. The van der Waals surface area contributed by atoms with Crippen LogP contribution in [0, 0.1) is 18.3 Å². The fraction of sp³-hybridized carbons (Fsp3) is 0.200. The van der Waals surface area contributed by atoms with Gasteiger partial charge >= 0.3 is 5.97 Å². The largest absolute Gasteiger partial charge is 0.465 e. The van der Waals surface area contributed by atoms with Gasteiger partial charge in [0.15, 0.2) is 5.75 Å². The number of thiophene rings is 2. The van der Waals surface area contributed by atoms with Gasteiger partial charge in [-0.2, -0.15) is 16.6 Å². The molecule has 22 heavy (non-hydrogen) atoms. The van der Waals surface area contributed by atoms with Gasteiger partial charge in [-0.1, -0.05) is 0 Å². The Hall–Kier alpha value is -2.30. The number of hydrogen-bond acceptors (Lipinski definition) is 7. The highest BCUT2D eigenvalue weighted by Crippen LogP contribution is 2.49. The molecule has 0 amide bonds. The van der Waals surface area contributed by atoms with Crippen LogP contribution in [-0.4, -0.2) is 13.1 Å². The molecule has 0 radical (unpaired) electrons. The minimum Gasteiger partial charge on any atom is -0.465 e. The molecule has 1 aliphatic rings. The molecule has 1 atom stereocenters. The highest BCUT2D eigenvalue weighted by atomic mass is 32.1. The van der Waals surface area contributed by atoms with Crippen LogP contribution in [0.2, 0.25) is 0 Å². The Morgan fingerprint density at radius 1 is 1.55 bits per heavy atom. The van der Waals surface area contributed by atoms with Crippen LogP contribution >= 0.6 is 22.7 Å². The van der Waals surface area contributed by atoms with Crippen molar-refractivity contribution in [3.05, 3.63) is 49.2 Å². The number of carbonyl (C=O) groups excluding carboxylic acids is 1. The summed E-state index contributed by atoms with van der Waals surface area (Å²) >= 11 is 2.97. The minimum atomic E-state index is -0.465. The number of ether oxygens (including phenoxy) is 2. The standard InChI is InChI=1S/C15H12N2O3S2/c1-7-10(15(18)19-2)12-13(22-7)11(8-3-4-21-6-8)9(5-16)14(17)20-12/h3-4,6,11H,17H2,1-2H3/t11-/m1/s1. The van der Waals surface area contributed by atoms with Crippen LogP contribution in [0.25, 0.3) is 0 Å². The van der Waals surface area contributed by atoms with Crippen molar-refractivity contribution in [3.8, 4) is 11.8 Å². The molecule has 2 aromatic heterocycles. The van der Waals surface area contributed by atoms with Gasteiger partial charge < -0.3 is 15.2 Å². The Morgan fingerprint density at radius 3 is 2.91 bits per heavy atom. The van der Waals surface area contributed by atoms with Crippen molar-refractivity contribution in [2.24, 2.45) is 5.73 Å². The summed E-state index contributed by atoms with van der Waals surface area (Å²) in [4.78, 5) is 13.6. The Balaban J connectivity index is 2.24. The van der Waals surface area contributed by atoms with Gasteiger partial charge in [-0.3, -0.25) is 0 Å². The summed E-state index contributed by atoms with van der Waals surface area (Å²) in [6.45, 7) is 1.82. The number of hydrogen-bond donors (Lipinski definition) is 1. The Morgan fingerprint density at radius 2 is 2.32 bits per heavy atom. The summed E-state index contributed by atoms with van der Waals surface area (Å²) in [5.41, 5.74) is 7.62. The molecule has 2 aromatic rings. The van der Waals surface area contributed by atoms with E-state index in [-0.39, 0.29) is 11.8 Å². The zero-order valence-electron chi connectivity index (χ0n) is 11.9. The quantitative estimate of drug-likeness (QED) is 0.854. The van der Waals surface area contributed by atoms with E-state index in [2.05, 4.69) is 6.07 Å².